The molecule has 0 saturated carbocycles. The summed E-state index contributed by atoms with van der Waals surface area (Å²) in [6.45, 7) is 5.86. The van der Waals surface area contributed by atoms with Crippen molar-refractivity contribution in [3.8, 4) is 11.3 Å². The maximum Gasteiger partial charge on any atom is 0.222 e. The lowest BCUT2D eigenvalue weighted by molar-refractivity contribution is 0.573. The van der Waals surface area contributed by atoms with Gasteiger partial charge in [-0.3, -0.25) is 0 Å². The Labute approximate surface area is 109 Å². The van der Waals surface area contributed by atoms with Crippen LogP contribution in [0.2, 0.25) is 5.15 Å². The molecule has 0 unspecified atom stereocenters. The van der Waals surface area contributed by atoms with Gasteiger partial charge in [-0.15, -0.1) is 0 Å². The minimum Gasteiger partial charge on any atom is -0.441 e. The number of pyridine rings is 1. The fourth-order valence-electron chi connectivity index (χ4n) is 2.14. The van der Waals surface area contributed by atoms with Gasteiger partial charge in [0.2, 0.25) is 5.71 Å². The van der Waals surface area contributed by atoms with Crippen molar-refractivity contribution in [3.63, 3.8) is 0 Å². The van der Waals surface area contributed by atoms with E-state index < -0.39 is 0 Å². The number of halogens is 1. The maximum absolute atomic E-state index is 5.88. The number of aromatic nitrogens is 3. The topological polar surface area (TPSA) is 43.3 Å². The van der Waals surface area contributed by atoms with E-state index in [9.17, 15) is 0 Å². The van der Waals surface area contributed by atoms with Crippen LogP contribution in [0.1, 0.15) is 17.0 Å². The molecular weight excluding hydrogens is 250 g/mol. The normalized spacial score (nSPS) is 11.3. The van der Waals surface area contributed by atoms with E-state index in [-0.39, 0.29) is 0 Å². The van der Waals surface area contributed by atoms with E-state index in [1.807, 2.05) is 37.4 Å². The van der Waals surface area contributed by atoms with Crippen LogP contribution in [0.3, 0.4) is 0 Å². The summed E-state index contributed by atoms with van der Waals surface area (Å²) in [4.78, 5) is 4.13. The number of aryl methyl sites for hydroxylation is 3. The highest BCUT2D eigenvalue weighted by atomic mass is 35.5. The number of rotatable bonds is 1. The minimum absolute atomic E-state index is 0.491. The molecule has 0 atom stereocenters. The van der Waals surface area contributed by atoms with Gasteiger partial charge in [-0.2, -0.15) is 9.61 Å². The van der Waals surface area contributed by atoms with E-state index in [4.69, 9.17) is 16.0 Å². The van der Waals surface area contributed by atoms with Crippen LogP contribution in [0.4, 0.5) is 0 Å². The predicted molar refractivity (Wildman–Crippen MR) is 69.9 cm³/mol. The van der Waals surface area contributed by atoms with Gasteiger partial charge in [0.1, 0.15) is 16.6 Å². The fraction of sp³-hybridized carbons (Fsp3) is 0.231. The summed E-state index contributed by atoms with van der Waals surface area (Å²) in [7, 11) is 0. The first-order valence-corrected chi connectivity index (χ1v) is 6.02. The lowest BCUT2D eigenvalue weighted by Crippen LogP contribution is -1.94. The predicted octanol–water partition coefficient (Wildman–Crippen LogP) is 3.57. The van der Waals surface area contributed by atoms with E-state index in [0.29, 0.717) is 5.15 Å². The molecule has 0 aliphatic heterocycles. The van der Waals surface area contributed by atoms with Crippen LogP contribution in [0.5, 0.6) is 0 Å². The Bertz CT molecular complexity index is 742. The largest absolute Gasteiger partial charge is 0.441 e. The van der Waals surface area contributed by atoms with Crippen LogP contribution >= 0.6 is 11.6 Å². The lowest BCUT2D eigenvalue weighted by atomic mass is 10.1. The summed E-state index contributed by atoms with van der Waals surface area (Å²) < 4.78 is 7.51. The smallest absolute Gasteiger partial charge is 0.222 e. The Morgan fingerprint density at radius 3 is 2.72 bits per heavy atom. The third-order valence-corrected chi connectivity index (χ3v) is 3.14. The third kappa shape index (κ3) is 1.61. The van der Waals surface area contributed by atoms with E-state index >= 15 is 0 Å². The van der Waals surface area contributed by atoms with Crippen molar-refractivity contribution in [2.45, 2.75) is 20.8 Å². The number of hydrogen-bond acceptors (Lipinski definition) is 3. The summed E-state index contributed by atoms with van der Waals surface area (Å²) in [5.41, 5.74) is 4.64. The van der Waals surface area contributed by atoms with Crippen LogP contribution in [-0.2, 0) is 0 Å². The fourth-order valence-corrected chi connectivity index (χ4v) is 2.35. The Kier molecular flexibility index (Phi) is 2.41. The quantitative estimate of drug-likeness (QED) is 0.629. The Hall–Kier alpha value is -1.81. The zero-order valence-corrected chi connectivity index (χ0v) is 11.1. The second-order valence-electron chi connectivity index (χ2n) is 4.36. The molecule has 3 heterocycles. The average molecular weight is 262 g/mol. The highest BCUT2D eigenvalue weighted by Crippen LogP contribution is 2.30. The van der Waals surface area contributed by atoms with Crippen LogP contribution in [0, 0.1) is 20.8 Å². The van der Waals surface area contributed by atoms with Gasteiger partial charge >= 0.3 is 0 Å². The number of fused-ring (bicyclic) bond motifs is 1. The molecule has 0 fully saturated rings. The molecule has 0 saturated heterocycles. The Morgan fingerprint density at radius 1 is 1.22 bits per heavy atom. The molecule has 0 bridgehead atoms. The van der Waals surface area contributed by atoms with E-state index in [0.717, 1.165) is 34.0 Å². The first-order valence-electron chi connectivity index (χ1n) is 5.64. The highest BCUT2D eigenvalue weighted by Gasteiger charge is 2.16. The van der Waals surface area contributed by atoms with Gasteiger partial charge in [-0.05, 0) is 32.4 Å². The van der Waals surface area contributed by atoms with Crippen molar-refractivity contribution in [1.82, 2.24) is 14.6 Å². The third-order valence-electron chi connectivity index (χ3n) is 2.93. The molecule has 18 heavy (non-hydrogen) atoms. The molecule has 0 amide bonds. The van der Waals surface area contributed by atoms with Crippen molar-refractivity contribution >= 4 is 17.3 Å². The first kappa shape index (κ1) is 11.3. The van der Waals surface area contributed by atoms with Crippen LogP contribution in [-0.4, -0.2) is 14.6 Å². The molecular formula is C13H12ClN3O. The van der Waals surface area contributed by atoms with Gasteiger partial charge in [0.05, 0.1) is 5.69 Å². The zero-order chi connectivity index (χ0) is 12.9. The van der Waals surface area contributed by atoms with Crippen molar-refractivity contribution in [3.05, 3.63) is 40.5 Å². The first-order chi connectivity index (χ1) is 8.56. The number of oxazole rings is 1. The summed E-state index contributed by atoms with van der Waals surface area (Å²) in [5, 5.41) is 4.93. The SMILES string of the molecule is Cc1cc2oc(C)c(-c3cnc(Cl)cc3C)n2n1. The van der Waals surface area contributed by atoms with Crippen LogP contribution in [0.25, 0.3) is 17.0 Å². The Balaban J connectivity index is 2.33. The molecule has 0 N–H and O–H groups in total. The summed E-state index contributed by atoms with van der Waals surface area (Å²) in [6, 6.07) is 3.75. The van der Waals surface area contributed by atoms with Crippen molar-refractivity contribution in [2.24, 2.45) is 0 Å². The standard InChI is InChI=1S/C13H12ClN3O/c1-7-4-11(14)15-6-10(7)13-9(3)18-12-5-8(2)16-17(12)13/h4-6H,1-3H3. The average Bonchev–Trinajstić information content (AvgIpc) is 2.75. The van der Waals surface area contributed by atoms with Crippen molar-refractivity contribution in [1.29, 1.82) is 0 Å². The maximum atomic E-state index is 5.88. The molecule has 0 aromatic carbocycles. The second-order valence-corrected chi connectivity index (χ2v) is 4.75. The van der Waals surface area contributed by atoms with Crippen LogP contribution < -0.4 is 0 Å². The minimum atomic E-state index is 0.491. The summed E-state index contributed by atoms with van der Waals surface area (Å²) in [5.74, 6) is 0.824. The monoisotopic (exact) mass is 261 g/mol. The summed E-state index contributed by atoms with van der Waals surface area (Å²) in [6.07, 6.45) is 1.76. The Morgan fingerprint density at radius 2 is 2.00 bits per heavy atom. The molecule has 4 nitrogen and oxygen atoms in total. The molecule has 3 rings (SSSR count). The molecule has 92 valence electrons. The molecule has 0 aliphatic carbocycles. The lowest BCUT2D eigenvalue weighted by Gasteiger charge is -2.04. The van der Waals surface area contributed by atoms with Gasteiger partial charge in [0, 0.05) is 17.8 Å². The molecule has 0 aliphatic rings. The molecule has 3 aromatic heterocycles. The molecule has 0 spiro atoms. The molecule has 5 heteroatoms. The van der Waals surface area contributed by atoms with E-state index in [1.54, 1.807) is 6.20 Å². The number of nitrogens with zero attached hydrogens (tertiary/aromatic N) is 3. The molecule has 3 aromatic rings. The van der Waals surface area contributed by atoms with Crippen LogP contribution in [0.15, 0.2) is 22.7 Å². The van der Waals surface area contributed by atoms with Gasteiger partial charge in [0.15, 0.2) is 0 Å². The van der Waals surface area contributed by atoms with Gasteiger partial charge in [-0.25, -0.2) is 4.98 Å². The van der Waals surface area contributed by atoms with Gasteiger partial charge in [-0.1, -0.05) is 11.6 Å². The van der Waals surface area contributed by atoms with Crippen molar-refractivity contribution in [2.75, 3.05) is 0 Å². The van der Waals surface area contributed by atoms with E-state index in [2.05, 4.69) is 10.1 Å². The molecule has 0 radical (unpaired) electrons. The van der Waals surface area contributed by atoms with Gasteiger partial charge < -0.3 is 4.42 Å². The van der Waals surface area contributed by atoms with Crippen molar-refractivity contribution < 1.29 is 4.42 Å². The number of hydrogen-bond donors (Lipinski definition) is 0. The second kappa shape index (κ2) is 3.85. The zero-order valence-electron chi connectivity index (χ0n) is 10.4. The van der Waals surface area contributed by atoms with Gasteiger partial charge in [0.25, 0.3) is 0 Å². The highest BCUT2D eigenvalue weighted by molar-refractivity contribution is 6.29. The summed E-state index contributed by atoms with van der Waals surface area (Å²) >= 11 is 5.88. The van der Waals surface area contributed by atoms with E-state index in [1.165, 1.54) is 0 Å².